The third-order valence-corrected chi connectivity index (χ3v) is 3.81. The molecule has 0 saturated carbocycles. The van der Waals surface area contributed by atoms with Gasteiger partial charge in [-0.2, -0.15) is 0 Å². The summed E-state index contributed by atoms with van der Waals surface area (Å²) in [7, 11) is 0. The fourth-order valence-electron chi connectivity index (χ4n) is 1.57. The molecule has 2 aromatic rings. The minimum absolute atomic E-state index is 0.0468. The van der Waals surface area contributed by atoms with Gasteiger partial charge in [0.1, 0.15) is 12.4 Å². The van der Waals surface area contributed by atoms with Crippen molar-refractivity contribution in [2.24, 2.45) is 0 Å². The molecule has 0 aliphatic heterocycles. The minimum Gasteiger partial charge on any atom is -0.482 e. The molecular formula is C13H7BrCl2FNO3. The van der Waals surface area contributed by atoms with Crippen LogP contribution in [0.1, 0.15) is 5.56 Å². The van der Waals surface area contributed by atoms with Gasteiger partial charge in [-0.25, -0.2) is 4.39 Å². The molecule has 0 unspecified atom stereocenters. The summed E-state index contributed by atoms with van der Waals surface area (Å²) in [6.45, 7) is -0.169. The van der Waals surface area contributed by atoms with Gasteiger partial charge in [-0.15, -0.1) is 0 Å². The molecule has 0 N–H and O–H groups in total. The van der Waals surface area contributed by atoms with E-state index in [-0.39, 0.29) is 33.7 Å². The third-order valence-electron chi connectivity index (χ3n) is 2.60. The molecule has 0 aromatic heterocycles. The van der Waals surface area contributed by atoms with Crippen molar-refractivity contribution < 1.29 is 14.1 Å². The van der Waals surface area contributed by atoms with Gasteiger partial charge < -0.3 is 4.74 Å². The molecule has 0 radical (unpaired) electrons. The van der Waals surface area contributed by atoms with Gasteiger partial charge in [-0.1, -0.05) is 45.2 Å². The predicted octanol–water partition coefficient (Wildman–Crippen LogP) is 5.38. The summed E-state index contributed by atoms with van der Waals surface area (Å²) in [5, 5.41) is 11.1. The zero-order chi connectivity index (χ0) is 15.6. The normalized spacial score (nSPS) is 10.5. The SMILES string of the molecule is O=[N+]([O-])c1cc(Cl)c(Cl)cc1OCc1ccc(Br)cc1F. The molecule has 4 nitrogen and oxygen atoms in total. The van der Waals surface area contributed by atoms with Crippen LogP contribution < -0.4 is 4.74 Å². The van der Waals surface area contributed by atoms with Crippen LogP contribution in [-0.2, 0) is 6.61 Å². The molecule has 0 amide bonds. The van der Waals surface area contributed by atoms with E-state index in [1.165, 1.54) is 18.2 Å². The quantitative estimate of drug-likeness (QED) is 0.516. The summed E-state index contributed by atoms with van der Waals surface area (Å²) in [6, 6.07) is 6.77. The van der Waals surface area contributed by atoms with Crippen molar-refractivity contribution in [2.75, 3.05) is 0 Å². The van der Waals surface area contributed by atoms with Crippen LogP contribution in [0.2, 0.25) is 10.0 Å². The van der Waals surface area contributed by atoms with Crippen LogP contribution in [0.15, 0.2) is 34.8 Å². The summed E-state index contributed by atoms with van der Waals surface area (Å²) in [4.78, 5) is 10.3. The average molecular weight is 395 g/mol. The van der Waals surface area contributed by atoms with Crippen molar-refractivity contribution in [2.45, 2.75) is 6.61 Å². The van der Waals surface area contributed by atoms with Gasteiger partial charge in [0.25, 0.3) is 0 Å². The Balaban J connectivity index is 2.27. The Kier molecular flexibility index (Phi) is 5.03. The standard InChI is InChI=1S/C13H7BrCl2FNO3/c14-8-2-1-7(11(17)3-8)6-21-13-5-10(16)9(15)4-12(13)18(19)20/h1-5H,6H2. The molecule has 2 aromatic carbocycles. The topological polar surface area (TPSA) is 52.4 Å². The molecule has 0 bridgehead atoms. The van der Waals surface area contributed by atoms with E-state index in [1.54, 1.807) is 6.07 Å². The van der Waals surface area contributed by atoms with Crippen molar-refractivity contribution in [3.05, 3.63) is 66.3 Å². The maximum atomic E-state index is 13.7. The molecule has 0 saturated heterocycles. The van der Waals surface area contributed by atoms with Crippen LogP contribution in [0.4, 0.5) is 10.1 Å². The summed E-state index contributed by atoms with van der Waals surface area (Å²) < 4.78 is 19.6. The van der Waals surface area contributed by atoms with E-state index in [1.807, 2.05) is 0 Å². The largest absolute Gasteiger partial charge is 0.482 e. The van der Waals surface area contributed by atoms with Crippen LogP contribution in [0.25, 0.3) is 0 Å². The molecule has 0 spiro atoms. The number of nitrogens with zero attached hydrogens (tertiary/aromatic N) is 1. The fraction of sp³-hybridized carbons (Fsp3) is 0.0769. The van der Waals surface area contributed by atoms with Gasteiger partial charge in [-0.3, -0.25) is 10.1 Å². The van der Waals surface area contributed by atoms with Crippen LogP contribution in [0.5, 0.6) is 5.75 Å². The molecule has 2 rings (SSSR count). The fourth-order valence-corrected chi connectivity index (χ4v) is 2.22. The molecular weight excluding hydrogens is 388 g/mol. The van der Waals surface area contributed by atoms with Gasteiger partial charge in [-0.05, 0) is 12.1 Å². The Hall–Kier alpha value is -1.37. The minimum atomic E-state index is -0.643. The molecule has 0 aliphatic rings. The van der Waals surface area contributed by atoms with E-state index in [2.05, 4.69) is 15.9 Å². The zero-order valence-electron chi connectivity index (χ0n) is 10.3. The van der Waals surface area contributed by atoms with E-state index < -0.39 is 10.7 Å². The highest BCUT2D eigenvalue weighted by molar-refractivity contribution is 9.10. The van der Waals surface area contributed by atoms with Crippen molar-refractivity contribution in [1.82, 2.24) is 0 Å². The molecule has 0 aliphatic carbocycles. The lowest BCUT2D eigenvalue weighted by atomic mass is 10.2. The highest BCUT2D eigenvalue weighted by Crippen LogP contribution is 2.36. The highest BCUT2D eigenvalue weighted by atomic mass is 79.9. The van der Waals surface area contributed by atoms with Crippen LogP contribution in [-0.4, -0.2) is 4.92 Å². The molecule has 0 atom stereocenters. The zero-order valence-corrected chi connectivity index (χ0v) is 13.4. The lowest BCUT2D eigenvalue weighted by molar-refractivity contribution is -0.385. The first kappa shape index (κ1) is 16.0. The second-order valence-corrected chi connectivity index (χ2v) is 5.75. The molecule has 0 heterocycles. The lowest BCUT2D eigenvalue weighted by Gasteiger charge is -2.09. The van der Waals surface area contributed by atoms with Crippen LogP contribution >= 0.6 is 39.1 Å². The van der Waals surface area contributed by atoms with Gasteiger partial charge >= 0.3 is 5.69 Å². The van der Waals surface area contributed by atoms with Crippen LogP contribution in [0, 0.1) is 15.9 Å². The first-order chi connectivity index (χ1) is 9.88. The smallest absolute Gasteiger partial charge is 0.312 e. The number of halogens is 4. The summed E-state index contributed by atoms with van der Waals surface area (Å²) in [5.74, 6) is -0.552. The number of hydrogen-bond donors (Lipinski definition) is 0. The maximum Gasteiger partial charge on any atom is 0.312 e. The summed E-state index contributed by atoms with van der Waals surface area (Å²) >= 11 is 14.7. The maximum absolute atomic E-state index is 13.7. The van der Waals surface area contributed by atoms with Crippen molar-refractivity contribution in [3.63, 3.8) is 0 Å². The van der Waals surface area contributed by atoms with Gasteiger partial charge in [0, 0.05) is 22.2 Å². The van der Waals surface area contributed by atoms with Crippen molar-refractivity contribution in [3.8, 4) is 5.75 Å². The number of ether oxygens (including phenoxy) is 1. The first-order valence-corrected chi connectivity index (χ1v) is 7.13. The van der Waals surface area contributed by atoms with Gasteiger partial charge in [0.05, 0.1) is 15.0 Å². The average Bonchev–Trinajstić information content (AvgIpc) is 2.41. The number of rotatable bonds is 4. The van der Waals surface area contributed by atoms with E-state index in [0.29, 0.717) is 4.47 Å². The van der Waals surface area contributed by atoms with E-state index in [4.69, 9.17) is 27.9 Å². The monoisotopic (exact) mass is 393 g/mol. The van der Waals surface area contributed by atoms with Gasteiger partial charge in [0.2, 0.25) is 0 Å². The molecule has 8 heteroatoms. The van der Waals surface area contributed by atoms with Crippen molar-refractivity contribution >= 4 is 44.8 Å². The van der Waals surface area contributed by atoms with E-state index in [0.717, 1.165) is 6.07 Å². The number of hydrogen-bond acceptors (Lipinski definition) is 3. The Bertz CT molecular complexity index is 712. The Labute approximate surface area is 137 Å². The molecule has 21 heavy (non-hydrogen) atoms. The summed E-state index contributed by atoms with van der Waals surface area (Å²) in [6.07, 6.45) is 0. The number of benzene rings is 2. The van der Waals surface area contributed by atoms with E-state index in [9.17, 15) is 14.5 Å². The Morgan fingerprint density at radius 2 is 1.90 bits per heavy atom. The second-order valence-electron chi connectivity index (χ2n) is 4.02. The van der Waals surface area contributed by atoms with Crippen LogP contribution in [0.3, 0.4) is 0 Å². The highest BCUT2D eigenvalue weighted by Gasteiger charge is 2.19. The van der Waals surface area contributed by atoms with Crippen molar-refractivity contribution in [1.29, 1.82) is 0 Å². The first-order valence-electron chi connectivity index (χ1n) is 5.58. The predicted molar refractivity (Wildman–Crippen MR) is 81.5 cm³/mol. The van der Waals surface area contributed by atoms with E-state index >= 15 is 0 Å². The number of nitro groups is 1. The molecule has 0 fully saturated rings. The third kappa shape index (κ3) is 3.84. The van der Waals surface area contributed by atoms with Gasteiger partial charge in [0.15, 0.2) is 5.75 Å². The summed E-state index contributed by atoms with van der Waals surface area (Å²) in [5.41, 5.74) is -0.0690. The lowest BCUT2D eigenvalue weighted by Crippen LogP contribution is -2.01. The molecule has 110 valence electrons. The number of nitro benzene ring substituents is 1. The second kappa shape index (κ2) is 6.60. The Morgan fingerprint density at radius 3 is 2.52 bits per heavy atom. The Morgan fingerprint density at radius 1 is 1.24 bits per heavy atom.